The summed E-state index contributed by atoms with van der Waals surface area (Å²) in [6.45, 7) is 0. The number of H-pyrrole nitrogens is 1. The lowest BCUT2D eigenvalue weighted by Gasteiger charge is -2.18. The number of benzene rings is 3. The number of carbonyl (C=O) groups excluding carboxylic acids is 2. The van der Waals surface area contributed by atoms with Gasteiger partial charge in [-0.05, 0) is 40.2 Å². The molecule has 0 aliphatic carbocycles. The molecule has 0 aliphatic heterocycles. The summed E-state index contributed by atoms with van der Waals surface area (Å²) in [5.41, 5.74) is 1.68. The summed E-state index contributed by atoms with van der Waals surface area (Å²) >= 11 is 3.22. The summed E-state index contributed by atoms with van der Waals surface area (Å²) in [4.78, 5) is 36.3. The third kappa shape index (κ3) is 4.49. The molecule has 0 radical (unpaired) electrons. The number of non-ortho nitro benzene ring substituents is 1. The summed E-state index contributed by atoms with van der Waals surface area (Å²) in [5.74, 6) is -1.29. The minimum Gasteiger partial charge on any atom is -0.444 e. The van der Waals surface area contributed by atoms with Crippen molar-refractivity contribution in [3.05, 3.63) is 98.6 Å². The van der Waals surface area contributed by atoms with E-state index in [9.17, 15) is 19.7 Å². The second-order valence-electron chi connectivity index (χ2n) is 6.78. The molecule has 0 aliphatic rings. The normalized spacial score (nSPS) is 11.7. The lowest BCUT2D eigenvalue weighted by Crippen LogP contribution is -2.26. The van der Waals surface area contributed by atoms with Crippen LogP contribution in [0.3, 0.4) is 0 Å². The summed E-state index contributed by atoms with van der Waals surface area (Å²) in [6, 6.07) is 17.4. The first-order chi connectivity index (χ1) is 15.4. The maximum Gasteiger partial charge on any atom is 0.339 e. The zero-order valence-corrected chi connectivity index (χ0v) is 17.9. The fourth-order valence-electron chi connectivity index (χ4n) is 3.06. The molecular formula is C22H15BrN4O5. The number of amides is 1. The monoisotopic (exact) mass is 494 g/mol. The lowest BCUT2D eigenvalue weighted by atomic mass is 10.1. The smallest absolute Gasteiger partial charge is 0.339 e. The van der Waals surface area contributed by atoms with Gasteiger partial charge in [0.2, 0.25) is 6.10 Å². The highest BCUT2D eigenvalue weighted by molar-refractivity contribution is 9.10. The van der Waals surface area contributed by atoms with E-state index in [-0.39, 0.29) is 11.3 Å². The Bertz CT molecular complexity index is 1320. The fraction of sp³-hybridized carbons (Fsp3) is 0.0455. The molecule has 9 nitrogen and oxygen atoms in total. The first kappa shape index (κ1) is 21.2. The van der Waals surface area contributed by atoms with Crippen molar-refractivity contribution in [2.24, 2.45) is 0 Å². The Labute approximate surface area is 189 Å². The van der Waals surface area contributed by atoms with Crippen molar-refractivity contribution in [1.29, 1.82) is 0 Å². The number of aromatic nitrogens is 2. The number of halogens is 1. The topological polar surface area (TPSA) is 127 Å². The molecule has 0 bridgehead atoms. The number of carbonyl (C=O) groups is 2. The highest BCUT2D eigenvalue weighted by Crippen LogP contribution is 2.29. The van der Waals surface area contributed by atoms with Gasteiger partial charge in [-0.2, -0.15) is 5.10 Å². The standard InChI is InChI=1S/C22H15BrN4O5/c23-17-11-16(27(30)31)7-9-19(17)25-21(28)20(13-4-2-1-3-5-13)32-22(29)14-6-8-18-15(10-14)12-24-26-18/h1-12,20H,(H,24,26)(H,25,28)/t20-/m1/s1. The number of hydrogen-bond acceptors (Lipinski definition) is 6. The summed E-state index contributed by atoms with van der Waals surface area (Å²) in [6.07, 6.45) is 0.338. The van der Waals surface area contributed by atoms with Gasteiger partial charge >= 0.3 is 5.97 Å². The summed E-state index contributed by atoms with van der Waals surface area (Å²) in [5, 5.41) is 21.0. The molecule has 10 heteroatoms. The van der Waals surface area contributed by atoms with E-state index in [2.05, 4.69) is 31.4 Å². The minimum atomic E-state index is -1.24. The number of nitrogens with zero attached hydrogens (tertiary/aromatic N) is 2. The third-order valence-electron chi connectivity index (χ3n) is 4.66. The van der Waals surface area contributed by atoms with E-state index in [1.165, 1.54) is 18.2 Å². The summed E-state index contributed by atoms with van der Waals surface area (Å²) in [7, 11) is 0. The van der Waals surface area contributed by atoms with Gasteiger partial charge in [-0.1, -0.05) is 30.3 Å². The zero-order valence-electron chi connectivity index (χ0n) is 16.3. The minimum absolute atomic E-state index is 0.129. The highest BCUT2D eigenvalue weighted by Gasteiger charge is 2.26. The molecule has 4 rings (SSSR count). The Balaban J connectivity index is 1.60. The van der Waals surface area contributed by atoms with Crippen LogP contribution in [-0.2, 0) is 9.53 Å². The number of nitro groups is 1. The second kappa shape index (κ2) is 8.98. The quantitative estimate of drug-likeness (QED) is 0.225. The maximum atomic E-state index is 13.1. The number of fused-ring (bicyclic) bond motifs is 1. The number of anilines is 1. The van der Waals surface area contributed by atoms with Crippen molar-refractivity contribution < 1.29 is 19.2 Å². The van der Waals surface area contributed by atoms with E-state index in [1.807, 2.05) is 0 Å². The van der Waals surface area contributed by atoms with Crippen molar-refractivity contribution >= 4 is 50.1 Å². The van der Waals surface area contributed by atoms with Gasteiger partial charge in [-0.3, -0.25) is 20.0 Å². The fourth-order valence-corrected chi connectivity index (χ4v) is 3.53. The number of rotatable bonds is 6. The number of nitro benzene ring substituents is 1. The molecule has 3 aromatic carbocycles. The number of nitrogens with one attached hydrogen (secondary N) is 2. The van der Waals surface area contributed by atoms with Gasteiger partial charge in [0, 0.05) is 27.6 Å². The van der Waals surface area contributed by atoms with Crippen LogP contribution in [0, 0.1) is 10.1 Å². The van der Waals surface area contributed by atoms with Crippen LogP contribution in [0.2, 0.25) is 0 Å². The van der Waals surface area contributed by atoms with Crippen LogP contribution < -0.4 is 5.32 Å². The molecule has 160 valence electrons. The molecule has 32 heavy (non-hydrogen) atoms. The summed E-state index contributed by atoms with van der Waals surface area (Å²) < 4.78 is 5.90. The van der Waals surface area contributed by atoms with Gasteiger partial charge in [-0.25, -0.2) is 4.79 Å². The van der Waals surface area contributed by atoms with Gasteiger partial charge in [0.25, 0.3) is 11.6 Å². The van der Waals surface area contributed by atoms with E-state index >= 15 is 0 Å². The molecule has 1 heterocycles. The van der Waals surface area contributed by atoms with E-state index in [4.69, 9.17) is 4.74 Å². The second-order valence-corrected chi connectivity index (χ2v) is 7.63. The Morgan fingerprint density at radius 1 is 1.09 bits per heavy atom. The Kier molecular flexibility index (Phi) is 5.95. The first-order valence-electron chi connectivity index (χ1n) is 9.36. The van der Waals surface area contributed by atoms with Gasteiger partial charge in [0.05, 0.1) is 27.9 Å². The first-order valence-corrected chi connectivity index (χ1v) is 10.2. The van der Waals surface area contributed by atoms with E-state index in [0.717, 1.165) is 10.9 Å². The molecule has 2 N–H and O–H groups in total. The largest absolute Gasteiger partial charge is 0.444 e. The van der Waals surface area contributed by atoms with Crippen LogP contribution in [0.4, 0.5) is 11.4 Å². The van der Waals surface area contributed by atoms with Crippen molar-refractivity contribution in [2.75, 3.05) is 5.32 Å². The Morgan fingerprint density at radius 3 is 2.59 bits per heavy atom. The molecular weight excluding hydrogens is 480 g/mol. The zero-order chi connectivity index (χ0) is 22.7. The van der Waals surface area contributed by atoms with Gasteiger partial charge in [0.1, 0.15) is 0 Å². The maximum absolute atomic E-state index is 13.1. The molecule has 0 spiro atoms. The average Bonchev–Trinajstić information content (AvgIpc) is 3.27. The lowest BCUT2D eigenvalue weighted by molar-refractivity contribution is -0.384. The number of esters is 1. The van der Waals surface area contributed by atoms with Crippen LogP contribution in [0.15, 0.2) is 77.4 Å². The molecule has 1 amide bonds. The van der Waals surface area contributed by atoms with Crippen LogP contribution in [0.5, 0.6) is 0 Å². The molecule has 0 saturated carbocycles. The molecule has 0 unspecified atom stereocenters. The SMILES string of the molecule is O=C(O[C@@H](C(=O)Nc1ccc([N+](=O)[O-])cc1Br)c1ccccc1)c1ccc2[nH]ncc2c1. The van der Waals surface area contributed by atoms with Gasteiger partial charge < -0.3 is 10.1 Å². The van der Waals surface area contributed by atoms with Crippen molar-refractivity contribution in [1.82, 2.24) is 10.2 Å². The third-order valence-corrected chi connectivity index (χ3v) is 5.32. The number of aromatic amines is 1. The molecule has 4 aromatic rings. The molecule has 0 saturated heterocycles. The van der Waals surface area contributed by atoms with Crippen molar-refractivity contribution in [2.45, 2.75) is 6.10 Å². The van der Waals surface area contributed by atoms with Crippen LogP contribution in [0.25, 0.3) is 10.9 Å². The number of ether oxygens (including phenoxy) is 1. The number of hydrogen-bond donors (Lipinski definition) is 2. The molecule has 1 atom stereocenters. The van der Waals surface area contributed by atoms with Gasteiger partial charge in [-0.15, -0.1) is 0 Å². The Hall–Kier alpha value is -4.05. The predicted octanol–water partition coefficient (Wildman–Crippen LogP) is 4.77. The van der Waals surface area contributed by atoms with E-state index < -0.39 is 22.9 Å². The van der Waals surface area contributed by atoms with E-state index in [1.54, 1.807) is 54.7 Å². The van der Waals surface area contributed by atoms with E-state index in [0.29, 0.717) is 15.7 Å². The average molecular weight is 495 g/mol. The highest BCUT2D eigenvalue weighted by atomic mass is 79.9. The van der Waals surface area contributed by atoms with Crippen LogP contribution in [0.1, 0.15) is 22.0 Å². The molecule has 1 aromatic heterocycles. The van der Waals surface area contributed by atoms with Crippen molar-refractivity contribution in [3.8, 4) is 0 Å². The predicted molar refractivity (Wildman–Crippen MR) is 120 cm³/mol. The van der Waals surface area contributed by atoms with Crippen molar-refractivity contribution in [3.63, 3.8) is 0 Å². The van der Waals surface area contributed by atoms with Crippen LogP contribution >= 0.6 is 15.9 Å². The Morgan fingerprint density at radius 2 is 1.88 bits per heavy atom. The molecule has 0 fully saturated rings. The van der Waals surface area contributed by atoms with Crippen LogP contribution in [-0.4, -0.2) is 27.0 Å². The van der Waals surface area contributed by atoms with Gasteiger partial charge in [0.15, 0.2) is 0 Å².